The maximum atomic E-state index is 13.1. The van der Waals surface area contributed by atoms with Crippen LogP contribution in [0.5, 0.6) is 0 Å². The summed E-state index contributed by atoms with van der Waals surface area (Å²) in [6.07, 6.45) is 0. The van der Waals surface area contributed by atoms with E-state index in [4.69, 9.17) is 5.73 Å². The van der Waals surface area contributed by atoms with E-state index in [0.29, 0.717) is 0 Å². The van der Waals surface area contributed by atoms with Gasteiger partial charge in [0.05, 0.1) is 20.7 Å². The average molecular weight is 363 g/mol. The van der Waals surface area contributed by atoms with Crippen molar-refractivity contribution in [3.63, 3.8) is 0 Å². The molecule has 0 spiro atoms. The van der Waals surface area contributed by atoms with Crippen LogP contribution < -0.4 is 10.5 Å². The van der Waals surface area contributed by atoms with Crippen molar-refractivity contribution in [2.45, 2.75) is 4.90 Å². The van der Waals surface area contributed by atoms with Crippen LogP contribution in [0.2, 0.25) is 0 Å². The van der Waals surface area contributed by atoms with E-state index >= 15 is 0 Å². The Bertz CT molecular complexity index is 766. The number of hydrogen-bond acceptors (Lipinski definition) is 3. The van der Waals surface area contributed by atoms with Crippen LogP contribution in [0.1, 0.15) is 0 Å². The fraction of sp³-hybridized carbons (Fsp3) is 0. The molecule has 0 heterocycles. The number of benzene rings is 2. The Kier molecular flexibility index (Phi) is 3.96. The highest BCUT2D eigenvalue weighted by Crippen LogP contribution is 2.23. The molecule has 4 nitrogen and oxygen atoms in total. The molecule has 0 saturated carbocycles. The molecule has 0 atom stereocenters. The van der Waals surface area contributed by atoms with Crippen LogP contribution in [0.15, 0.2) is 45.8 Å². The van der Waals surface area contributed by atoms with Gasteiger partial charge in [-0.15, -0.1) is 0 Å². The predicted octanol–water partition coefficient (Wildman–Crippen LogP) is 3.11. The van der Waals surface area contributed by atoms with Crippen molar-refractivity contribution in [2.75, 3.05) is 10.5 Å². The minimum Gasteiger partial charge on any atom is -0.396 e. The quantitative estimate of drug-likeness (QED) is 0.824. The molecule has 0 saturated heterocycles. The van der Waals surface area contributed by atoms with Crippen molar-refractivity contribution in [2.24, 2.45) is 0 Å². The van der Waals surface area contributed by atoms with Crippen molar-refractivity contribution in [3.8, 4) is 0 Å². The lowest BCUT2D eigenvalue weighted by Gasteiger charge is -2.09. The molecule has 0 aromatic heterocycles. The van der Waals surface area contributed by atoms with E-state index < -0.39 is 21.7 Å². The first-order valence-electron chi connectivity index (χ1n) is 5.32. The molecule has 0 aliphatic rings. The van der Waals surface area contributed by atoms with Crippen LogP contribution in [0.25, 0.3) is 0 Å². The number of hydrogen-bond donors (Lipinski definition) is 2. The van der Waals surface area contributed by atoms with Gasteiger partial charge in [-0.05, 0) is 52.3 Å². The number of rotatable bonds is 3. The van der Waals surface area contributed by atoms with Crippen LogP contribution >= 0.6 is 15.9 Å². The molecule has 0 bridgehead atoms. The average Bonchev–Trinajstić information content (AvgIpc) is 2.37. The molecular formula is C12H9BrF2N2O2S. The van der Waals surface area contributed by atoms with Gasteiger partial charge in [0.2, 0.25) is 0 Å². The van der Waals surface area contributed by atoms with Crippen LogP contribution in [0.4, 0.5) is 20.2 Å². The molecular weight excluding hydrogens is 354 g/mol. The lowest BCUT2D eigenvalue weighted by molar-refractivity contribution is 0.599. The molecule has 0 amide bonds. The monoisotopic (exact) mass is 362 g/mol. The van der Waals surface area contributed by atoms with Gasteiger partial charge >= 0.3 is 0 Å². The number of halogens is 3. The maximum absolute atomic E-state index is 13.1. The lowest BCUT2D eigenvalue weighted by Crippen LogP contribution is -2.13. The third kappa shape index (κ3) is 3.07. The largest absolute Gasteiger partial charge is 0.396 e. The molecule has 3 N–H and O–H groups in total. The zero-order valence-corrected chi connectivity index (χ0v) is 12.3. The van der Waals surface area contributed by atoms with Crippen LogP contribution in [0.3, 0.4) is 0 Å². The molecule has 2 rings (SSSR count). The molecule has 2 aromatic rings. The highest BCUT2D eigenvalue weighted by molar-refractivity contribution is 9.10. The summed E-state index contributed by atoms with van der Waals surface area (Å²) in [5, 5.41) is 0. The van der Waals surface area contributed by atoms with Gasteiger partial charge in [0.25, 0.3) is 10.0 Å². The topological polar surface area (TPSA) is 72.2 Å². The van der Waals surface area contributed by atoms with E-state index in [9.17, 15) is 17.2 Å². The Hall–Kier alpha value is -1.67. The zero-order valence-electron chi connectivity index (χ0n) is 9.90. The Balaban J connectivity index is 2.35. The van der Waals surface area contributed by atoms with Crippen LogP contribution in [0, 0.1) is 11.6 Å². The van der Waals surface area contributed by atoms with Gasteiger partial charge in [-0.25, -0.2) is 17.2 Å². The first kappa shape index (κ1) is 14.7. The summed E-state index contributed by atoms with van der Waals surface area (Å²) < 4.78 is 52.6. The fourth-order valence-electron chi connectivity index (χ4n) is 1.46. The number of sulfonamides is 1. The van der Waals surface area contributed by atoms with Crippen molar-refractivity contribution in [1.82, 2.24) is 0 Å². The Morgan fingerprint density at radius 2 is 1.70 bits per heavy atom. The van der Waals surface area contributed by atoms with Gasteiger partial charge < -0.3 is 5.73 Å². The highest BCUT2D eigenvalue weighted by Gasteiger charge is 2.16. The van der Waals surface area contributed by atoms with Gasteiger partial charge in [-0.1, -0.05) is 0 Å². The Morgan fingerprint density at radius 3 is 2.30 bits per heavy atom. The molecule has 0 aliphatic carbocycles. The van der Waals surface area contributed by atoms with Gasteiger partial charge in [-0.3, -0.25) is 4.72 Å². The SMILES string of the molecule is Nc1cc(S(=O)(=O)Nc2ccc(F)c(Br)c2)ccc1F. The highest BCUT2D eigenvalue weighted by atomic mass is 79.9. The van der Waals surface area contributed by atoms with E-state index in [0.717, 1.165) is 24.3 Å². The summed E-state index contributed by atoms with van der Waals surface area (Å²) in [5.74, 6) is -1.22. The second-order valence-electron chi connectivity index (χ2n) is 3.92. The molecule has 0 aliphatic heterocycles. The second kappa shape index (κ2) is 5.37. The third-order valence-electron chi connectivity index (χ3n) is 2.45. The minimum atomic E-state index is -3.92. The molecule has 0 radical (unpaired) electrons. The van der Waals surface area contributed by atoms with Gasteiger partial charge in [-0.2, -0.15) is 0 Å². The van der Waals surface area contributed by atoms with Gasteiger partial charge in [0.1, 0.15) is 11.6 Å². The summed E-state index contributed by atoms with van der Waals surface area (Å²) in [4.78, 5) is -0.183. The number of nitrogens with one attached hydrogen (secondary N) is 1. The Morgan fingerprint density at radius 1 is 1.05 bits per heavy atom. The van der Waals surface area contributed by atoms with Gasteiger partial charge in [0, 0.05) is 0 Å². The number of anilines is 2. The van der Waals surface area contributed by atoms with Crippen molar-refractivity contribution < 1.29 is 17.2 Å². The molecule has 20 heavy (non-hydrogen) atoms. The van der Waals surface area contributed by atoms with Crippen molar-refractivity contribution >= 4 is 37.3 Å². The summed E-state index contributed by atoms with van der Waals surface area (Å²) in [5.41, 5.74) is 5.23. The fourth-order valence-corrected chi connectivity index (χ4v) is 2.93. The maximum Gasteiger partial charge on any atom is 0.261 e. The standard InChI is InChI=1S/C12H9BrF2N2O2S/c13-9-5-7(1-3-10(9)14)17-20(18,19)8-2-4-11(15)12(16)6-8/h1-6,17H,16H2. The second-order valence-corrected chi connectivity index (χ2v) is 6.45. The molecule has 8 heteroatoms. The van der Waals surface area contributed by atoms with Crippen molar-refractivity contribution in [3.05, 3.63) is 52.5 Å². The van der Waals surface area contributed by atoms with Crippen LogP contribution in [-0.4, -0.2) is 8.42 Å². The first-order valence-corrected chi connectivity index (χ1v) is 7.60. The number of nitrogen functional groups attached to an aromatic ring is 1. The molecule has 0 unspecified atom stereocenters. The number of nitrogens with two attached hydrogens (primary N) is 1. The summed E-state index contributed by atoms with van der Waals surface area (Å²) in [6, 6.07) is 6.72. The molecule has 2 aromatic carbocycles. The van der Waals surface area contributed by atoms with Crippen LogP contribution in [-0.2, 0) is 10.0 Å². The lowest BCUT2D eigenvalue weighted by atomic mass is 10.3. The Labute approximate surface area is 122 Å². The smallest absolute Gasteiger partial charge is 0.261 e. The predicted molar refractivity (Wildman–Crippen MR) is 75.7 cm³/mol. The van der Waals surface area contributed by atoms with E-state index in [1.165, 1.54) is 12.1 Å². The third-order valence-corrected chi connectivity index (χ3v) is 4.44. The van der Waals surface area contributed by atoms with E-state index in [1.54, 1.807) is 0 Å². The zero-order chi connectivity index (χ0) is 14.9. The first-order chi connectivity index (χ1) is 9.29. The molecule has 106 valence electrons. The normalized spacial score (nSPS) is 11.3. The summed E-state index contributed by atoms with van der Waals surface area (Å²) in [6.45, 7) is 0. The van der Waals surface area contributed by atoms with E-state index in [2.05, 4.69) is 20.7 Å². The van der Waals surface area contributed by atoms with E-state index in [1.807, 2.05) is 0 Å². The molecule has 0 fully saturated rings. The van der Waals surface area contributed by atoms with E-state index in [-0.39, 0.29) is 20.7 Å². The minimum absolute atomic E-state index is 0.122. The summed E-state index contributed by atoms with van der Waals surface area (Å²) in [7, 11) is -3.92. The summed E-state index contributed by atoms with van der Waals surface area (Å²) >= 11 is 2.95. The van der Waals surface area contributed by atoms with Crippen molar-refractivity contribution in [1.29, 1.82) is 0 Å². The van der Waals surface area contributed by atoms with Gasteiger partial charge in [0.15, 0.2) is 0 Å².